The Morgan fingerprint density at radius 3 is 2.57 bits per heavy atom. The second kappa shape index (κ2) is 6.62. The van der Waals surface area contributed by atoms with Crippen LogP contribution in [0.15, 0.2) is 23.0 Å². The van der Waals surface area contributed by atoms with E-state index in [2.05, 4.69) is 0 Å². The number of ether oxygens (including phenoxy) is 2. The van der Waals surface area contributed by atoms with Gasteiger partial charge in [-0.2, -0.15) is 0 Å². The fourth-order valence-corrected chi connectivity index (χ4v) is 2.74. The van der Waals surface area contributed by atoms with Crippen LogP contribution in [0.2, 0.25) is 0 Å². The van der Waals surface area contributed by atoms with Crippen LogP contribution in [0.1, 0.15) is 32.8 Å². The molecule has 0 unspecified atom stereocenters. The molecule has 0 saturated carbocycles. The molecule has 0 aliphatic heterocycles. The van der Waals surface area contributed by atoms with Crippen LogP contribution in [0.4, 0.5) is 0 Å². The van der Waals surface area contributed by atoms with E-state index >= 15 is 0 Å². The lowest BCUT2D eigenvalue weighted by Gasteiger charge is -2.20. The van der Waals surface area contributed by atoms with Gasteiger partial charge in [-0.15, -0.1) is 0 Å². The highest BCUT2D eigenvalue weighted by Crippen LogP contribution is 2.33. The molecule has 5 nitrogen and oxygen atoms in total. The SMILES string of the molecule is CCOc1c(CCC(C)(C)O)c(=O)n(C)c2c(OC)cccc12. The number of benzene rings is 1. The highest BCUT2D eigenvalue weighted by Gasteiger charge is 2.21. The predicted octanol–water partition coefficient (Wildman–Crippen LogP) is 2.65. The molecule has 0 spiro atoms. The van der Waals surface area contributed by atoms with Crippen LogP contribution >= 0.6 is 0 Å². The van der Waals surface area contributed by atoms with E-state index < -0.39 is 5.60 Å². The predicted molar refractivity (Wildman–Crippen MR) is 91.5 cm³/mol. The van der Waals surface area contributed by atoms with Gasteiger partial charge in [-0.1, -0.05) is 6.07 Å². The van der Waals surface area contributed by atoms with E-state index in [1.807, 2.05) is 25.1 Å². The van der Waals surface area contributed by atoms with Crippen molar-refractivity contribution >= 4 is 10.9 Å². The summed E-state index contributed by atoms with van der Waals surface area (Å²) >= 11 is 0. The third kappa shape index (κ3) is 3.50. The summed E-state index contributed by atoms with van der Waals surface area (Å²) in [6.07, 6.45) is 0.941. The molecule has 23 heavy (non-hydrogen) atoms. The Labute approximate surface area is 136 Å². The van der Waals surface area contributed by atoms with Crippen molar-refractivity contribution in [2.45, 2.75) is 39.2 Å². The molecule has 0 atom stereocenters. The second-order valence-electron chi connectivity index (χ2n) is 6.27. The van der Waals surface area contributed by atoms with Gasteiger partial charge in [-0.25, -0.2) is 0 Å². The van der Waals surface area contributed by atoms with E-state index in [9.17, 15) is 9.90 Å². The molecule has 0 aliphatic carbocycles. The summed E-state index contributed by atoms with van der Waals surface area (Å²) in [5, 5.41) is 10.8. The summed E-state index contributed by atoms with van der Waals surface area (Å²) in [6, 6.07) is 5.64. The number of aryl methyl sites for hydroxylation is 1. The second-order valence-corrected chi connectivity index (χ2v) is 6.27. The van der Waals surface area contributed by atoms with Crippen molar-refractivity contribution in [3.63, 3.8) is 0 Å². The Morgan fingerprint density at radius 2 is 2.00 bits per heavy atom. The molecule has 2 aromatic rings. The number of pyridine rings is 1. The maximum Gasteiger partial charge on any atom is 0.257 e. The van der Waals surface area contributed by atoms with E-state index in [1.54, 1.807) is 32.6 Å². The Kier molecular flexibility index (Phi) is 5.00. The molecule has 5 heteroatoms. The quantitative estimate of drug-likeness (QED) is 0.889. The number of nitrogens with zero attached hydrogens (tertiary/aromatic N) is 1. The number of aromatic nitrogens is 1. The Hall–Kier alpha value is -2.01. The highest BCUT2D eigenvalue weighted by atomic mass is 16.5. The van der Waals surface area contributed by atoms with Crippen LogP contribution in [-0.2, 0) is 13.5 Å². The number of rotatable bonds is 6. The standard InChI is InChI=1S/C18H25NO4/c1-6-23-16-12-8-7-9-14(22-5)15(12)19(4)17(20)13(16)10-11-18(2,3)21/h7-9,21H,6,10-11H2,1-5H3. The van der Waals surface area contributed by atoms with Gasteiger partial charge >= 0.3 is 0 Å². The third-order valence-electron chi connectivity index (χ3n) is 3.91. The van der Waals surface area contributed by atoms with Crippen molar-refractivity contribution in [3.8, 4) is 11.5 Å². The monoisotopic (exact) mass is 319 g/mol. The summed E-state index contributed by atoms with van der Waals surface area (Å²) in [5.41, 5.74) is 0.361. The van der Waals surface area contributed by atoms with E-state index in [-0.39, 0.29) is 5.56 Å². The third-order valence-corrected chi connectivity index (χ3v) is 3.91. The molecule has 0 saturated heterocycles. The van der Waals surface area contributed by atoms with E-state index in [0.29, 0.717) is 36.5 Å². The molecule has 0 aliphatic rings. The number of methoxy groups -OCH3 is 1. The molecule has 1 N–H and O–H groups in total. The summed E-state index contributed by atoms with van der Waals surface area (Å²) in [7, 11) is 3.32. The fourth-order valence-electron chi connectivity index (χ4n) is 2.74. The van der Waals surface area contributed by atoms with Gasteiger partial charge in [-0.3, -0.25) is 4.79 Å². The molecule has 126 valence electrons. The Morgan fingerprint density at radius 1 is 1.30 bits per heavy atom. The van der Waals surface area contributed by atoms with Gasteiger partial charge in [0.2, 0.25) is 0 Å². The molecular weight excluding hydrogens is 294 g/mol. The van der Waals surface area contributed by atoms with Crippen molar-refractivity contribution in [1.29, 1.82) is 0 Å². The van der Waals surface area contributed by atoms with Crippen LogP contribution in [0.5, 0.6) is 11.5 Å². The summed E-state index contributed by atoms with van der Waals surface area (Å²) < 4.78 is 12.8. The van der Waals surface area contributed by atoms with Crippen LogP contribution in [0.25, 0.3) is 10.9 Å². The van der Waals surface area contributed by atoms with Gasteiger partial charge in [0.1, 0.15) is 11.5 Å². The van der Waals surface area contributed by atoms with E-state index in [4.69, 9.17) is 9.47 Å². The first-order chi connectivity index (χ1) is 10.8. The summed E-state index contributed by atoms with van der Waals surface area (Å²) in [4.78, 5) is 12.8. The van der Waals surface area contributed by atoms with E-state index in [0.717, 1.165) is 10.9 Å². The zero-order chi connectivity index (χ0) is 17.2. The number of hydrogen-bond acceptors (Lipinski definition) is 4. The van der Waals surface area contributed by atoms with Crippen molar-refractivity contribution in [3.05, 3.63) is 34.1 Å². The Bertz CT molecular complexity index is 756. The first kappa shape index (κ1) is 17.3. The van der Waals surface area contributed by atoms with Gasteiger partial charge in [0, 0.05) is 12.4 Å². The van der Waals surface area contributed by atoms with Crippen LogP contribution in [0, 0.1) is 0 Å². The first-order valence-electron chi connectivity index (χ1n) is 7.84. The molecular formula is C18H25NO4. The van der Waals surface area contributed by atoms with Crippen molar-refractivity contribution in [2.75, 3.05) is 13.7 Å². The smallest absolute Gasteiger partial charge is 0.257 e. The fraction of sp³-hybridized carbons (Fsp3) is 0.500. The number of aliphatic hydroxyl groups is 1. The average Bonchev–Trinajstić information content (AvgIpc) is 2.50. The Balaban J connectivity index is 2.74. The molecule has 1 heterocycles. The zero-order valence-corrected chi connectivity index (χ0v) is 14.5. The lowest BCUT2D eigenvalue weighted by Crippen LogP contribution is -2.26. The molecule has 0 amide bonds. The highest BCUT2D eigenvalue weighted by molar-refractivity contribution is 5.91. The molecule has 0 radical (unpaired) electrons. The van der Waals surface area contributed by atoms with Gasteiger partial charge in [-0.05, 0) is 45.7 Å². The normalized spacial score (nSPS) is 11.7. The largest absolute Gasteiger partial charge is 0.495 e. The summed E-state index contributed by atoms with van der Waals surface area (Å²) in [5.74, 6) is 1.23. The average molecular weight is 319 g/mol. The molecule has 2 rings (SSSR count). The number of fused-ring (bicyclic) bond motifs is 1. The minimum Gasteiger partial charge on any atom is -0.495 e. The van der Waals surface area contributed by atoms with Crippen LogP contribution in [-0.4, -0.2) is 29.0 Å². The zero-order valence-electron chi connectivity index (χ0n) is 14.5. The van der Waals surface area contributed by atoms with Crippen LogP contribution < -0.4 is 15.0 Å². The van der Waals surface area contributed by atoms with Gasteiger partial charge < -0.3 is 19.1 Å². The van der Waals surface area contributed by atoms with Crippen LogP contribution in [0.3, 0.4) is 0 Å². The molecule has 0 fully saturated rings. The van der Waals surface area contributed by atoms with Gasteiger partial charge in [0.25, 0.3) is 5.56 Å². The topological polar surface area (TPSA) is 60.7 Å². The maximum absolute atomic E-state index is 12.8. The van der Waals surface area contributed by atoms with Crippen molar-refractivity contribution in [1.82, 2.24) is 4.57 Å². The molecule has 1 aromatic heterocycles. The number of para-hydroxylation sites is 1. The van der Waals surface area contributed by atoms with Crippen molar-refractivity contribution in [2.24, 2.45) is 7.05 Å². The van der Waals surface area contributed by atoms with E-state index in [1.165, 1.54) is 0 Å². The maximum atomic E-state index is 12.8. The first-order valence-corrected chi connectivity index (χ1v) is 7.84. The molecule has 0 bridgehead atoms. The number of hydrogen-bond donors (Lipinski definition) is 1. The lowest BCUT2D eigenvalue weighted by atomic mass is 9.97. The molecule has 1 aromatic carbocycles. The van der Waals surface area contributed by atoms with Gasteiger partial charge in [0.05, 0.1) is 30.4 Å². The minimum atomic E-state index is -0.835. The lowest BCUT2D eigenvalue weighted by molar-refractivity contribution is 0.0711. The van der Waals surface area contributed by atoms with Gasteiger partial charge in [0.15, 0.2) is 0 Å². The van der Waals surface area contributed by atoms with Crippen molar-refractivity contribution < 1.29 is 14.6 Å². The summed E-state index contributed by atoms with van der Waals surface area (Å²) in [6.45, 7) is 5.84. The minimum absolute atomic E-state index is 0.116.